The Morgan fingerprint density at radius 3 is 2.50 bits per heavy atom. The van der Waals surface area contributed by atoms with Crippen LogP contribution in [0.1, 0.15) is 12.5 Å². The second-order valence-electron chi connectivity index (χ2n) is 3.25. The van der Waals surface area contributed by atoms with E-state index in [1.165, 1.54) is 0 Å². The smallest absolute Gasteiger partial charge is 0.127 e. The predicted molar refractivity (Wildman–Crippen MR) is 71.9 cm³/mol. The number of ether oxygens (including phenoxy) is 1. The first-order valence-electron chi connectivity index (χ1n) is 4.68. The summed E-state index contributed by atoms with van der Waals surface area (Å²) in [4.78, 5) is 0. The summed E-state index contributed by atoms with van der Waals surface area (Å²) in [6.07, 6.45) is 0. The Hall–Kier alpha value is -0.930. The van der Waals surface area contributed by atoms with Crippen LogP contribution in [0.2, 0.25) is 0 Å². The fourth-order valence-corrected chi connectivity index (χ4v) is 1.49. The number of hydrogen-bond acceptors (Lipinski definition) is 2. The molecule has 1 aromatic carbocycles. The van der Waals surface area contributed by atoms with Gasteiger partial charge in [-0.1, -0.05) is 34.6 Å². The highest BCUT2D eigenvalue weighted by Gasteiger charge is 2.03. The first-order valence-corrected chi connectivity index (χ1v) is 6.01. The number of halogens is 2. The highest BCUT2D eigenvalue weighted by molar-refractivity contribution is 9.10. The molecule has 0 fully saturated rings. The molecule has 0 saturated carbocycles. The van der Waals surface area contributed by atoms with Gasteiger partial charge in [-0.05, 0) is 19.1 Å². The van der Waals surface area contributed by atoms with Gasteiger partial charge in [-0.15, -0.1) is 11.6 Å². The second kappa shape index (κ2) is 5.97. The lowest BCUT2D eigenvalue weighted by atomic mass is 10.2. The molecule has 0 aliphatic rings. The molecule has 0 aliphatic heterocycles. The van der Waals surface area contributed by atoms with E-state index in [0.717, 1.165) is 10.0 Å². The summed E-state index contributed by atoms with van der Waals surface area (Å²) in [5.41, 5.74) is 7.06. The zero-order valence-electron chi connectivity index (χ0n) is 8.97. The molecule has 0 radical (unpaired) electrons. The van der Waals surface area contributed by atoms with Crippen LogP contribution in [0.4, 0.5) is 0 Å². The molecule has 0 amide bonds. The van der Waals surface area contributed by atoms with Gasteiger partial charge in [-0.3, -0.25) is 0 Å². The Labute approximate surface area is 109 Å². The van der Waals surface area contributed by atoms with Gasteiger partial charge in [-0.2, -0.15) is 0 Å². The second-order valence-corrected chi connectivity index (χ2v) is 4.43. The number of rotatable bonds is 4. The van der Waals surface area contributed by atoms with Crippen LogP contribution in [0.5, 0.6) is 0 Å². The summed E-state index contributed by atoms with van der Waals surface area (Å²) >= 11 is 8.96. The summed E-state index contributed by atoms with van der Waals surface area (Å²) in [5.74, 6) is 1.39. The Morgan fingerprint density at radius 1 is 1.44 bits per heavy atom. The maximum Gasteiger partial charge on any atom is 0.127 e. The van der Waals surface area contributed by atoms with Crippen molar-refractivity contribution in [2.45, 2.75) is 6.92 Å². The van der Waals surface area contributed by atoms with Crippen molar-refractivity contribution in [3.63, 3.8) is 0 Å². The van der Waals surface area contributed by atoms with Crippen LogP contribution < -0.4 is 5.73 Å². The maximum atomic E-state index is 5.64. The van der Waals surface area contributed by atoms with Crippen molar-refractivity contribution in [3.8, 4) is 0 Å². The van der Waals surface area contributed by atoms with Gasteiger partial charge in [0.15, 0.2) is 0 Å². The van der Waals surface area contributed by atoms with E-state index in [0.29, 0.717) is 17.2 Å². The maximum absolute atomic E-state index is 5.64. The van der Waals surface area contributed by atoms with E-state index >= 15 is 0 Å². The van der Waals surface area contributed by atoms with Crippen molar-refractivity contribution >= 4 is 33.3 Å². The van der Waals surface area contributed by atoms with E-state index in [1.54, 1.807) is 6.92 Å². The van der Waals surface area contributed by atoms with E-state index in [-0.39, 0.29) is 5.88 Å². The molecule has 0 bridgehead atoms. The molecule has 16 heavy (non-hydrogen) atoms. The molecule has 1 rings (SSSR count). The van der Waals surface area contributed by atoms with Crippen molar-refractivity contribution in [3.05, 3.63) is 52.3 Å². The summed E-state index contributed by atoms with van der Waals surface area (Å²) < 4.78 is 6.50. The summed E-state index contributed by atoms with van der Waals surface area (Å²) in [7, 11) is 0. The standard InChI is InChI=1S/C12H13BrClNO/c1-8(16-9(2)12(15)7-14)10-3-5-11(13)6-4-10/h3-6H,1,7,15H2,2H3/b12-9-. The van der Waals surface area contributed by atoms with Crippen LogP contribution >= 0.6 is 27.5 Å². The number of nitrogens with two attached hydrogens (primary N) is 1. The van der Waals surface area contributed by atoms with Crippen molar-refractivity contribution < 1.29 is 4.74 Å². The molecule has 0 atom stereocenters. The molecular weight excluding hydrogens is 289 g/mol. The lowest BCUT2D eigenvalue weighted by molar-refractivity contribution is 0.379. The van der Waals surface area contributed by atoms with Crippen molar-refractivity contribution in [2.24, 2.45) is 5.73 Å². The summed E-state index contributed by atoms with van der Waals surface area (Å²) in [6.45, 7) is 5.61. The first-order chi connectivity index (χ1) is 7.54. The van der Waals surface area contributed by atoms with Crippen LogP contribution in [0.25, 0.3) is 5.76 Å². The number of allylic oxidation sites excluding steroid dienone is 2. The van der Waals surface area contributed by atoms with E-state index < -0.39 is 0 Å². The molecule has 0 spiro atoms. The zero-order chi connectivity index (χ0) is 12.1. The van der Waals surface area contributed by atoms with Crippen molar-refractivity contribution in [1.82, 2.24) is 0 Å². The zero-order valence-corrected chi connectivity index (χ0v) is 11.3. The van der Waals surface area contributed by atoms with Crippen LogP contribution in [-0.2, 0) is 4.74 Å². The minimum atomic E-state index is 0.249. The minimum absolute atomic E-state index is 0.249. The van der Waals surface area contributed by atoms with Gasteiger partial charge < -0.3 is 10.5 Å². The lowest BCUT2D eigenvalue weighted by Crippen LogP contribution is -2.04. The van der Waals surface area contributed by atoms with Gasteiger partial charge in [0, 0.05) is 10.0 Å². The number of alkyl halides is 1. The molecule has 0 aromatic heterocycles. The molecule has 4 heteroatoms. The van der Waals surface area contributed by atoms with Crippen LogP contribution in [0, 0.1) is 0 Å². The van der Waals surface area contributed by atoms with Gasteiger partial charge in [0.05, 0.1) is 11.6 Å². The summed E-state index contributed by atoms with van der Waals surface area (Å²) in [6, 6.07) is 7.68. The lowest BCUT2D eigenvalue weighted by Gasteiger charge is -2.11. The van der Waals surface area contributed by atoms with Crippen LogP contribution in [-0.4, -0.2) is 5.88 Å². The van der Waals surface area contributed by atoms with Crippen molar-refractivity contribution in [2.75, 3.05) is 5.88 Å². The average Bonchev–Trinajstić information content (AvgIpc) is 2.28. The fourth-order valence-electron chi connectivity index (χ4n) is 1.04. The molecule has 0 aliphatic carbocycles. The Kier molecular flexibility index (Phi) is 4.90. The third-order valence-electron chi connectivity index (χ3n) is 2.04. The van der Waals surface area contributed by atoms with Gasteiger partial charge in [0.25, 0.3) is 0 Å². The Bertz CT molecular complexity index is 412. The molecule has 86 valence electrons. The molecule has 0 heterocycles. The van der Waals surface area contributed by atoms with E-state index in [4.69, 9.17) is 22.1 Å². The average molecular weight is 303 g/mol. The highest BCUT2D eigenvalue weighted by atomic mass is 79.9. The molecule has 0 saturated heterocycles. The predicted octanol–water partition coefficient (Wildman–Crippen LogP) is 3.87. The third-order valence-corrected chi connectivity index (χ3v) is 2.86. The quantitative estimate of drug-likeness (QED) is 0.677. The number of hydrogen-bond donors (Lipinski definition) is 1. The van der Waals surface area contributed by atoms with Gasteiger partial charge in [-0.25, -0.2) is 0 Å². The van der Waals surface area contributed by atoms with Gasteiger partial charge in [0.2, 0.25) is 0 Å². The molecule has 2 nitrogen and oxygen atoms in total. The normalized spacial score (nSPS) is 11.9. The topological polar surface area (TPSA) is 35.2 Å². The SMILES string of the molecule is C=C(O/C(C)=C(\N)CCl)c1ccc(Br)cc1. The van der Waals surface area contributed by atoms with Crippen molar-refractivity contribution in [1.29, 1.82) is 0 Å². The molecule has 2 N–H and O–H groups in total. The van der Waals surface area contributed by atoms with Crippen LogP contribution in [0.15, 0.2) is 46.8 Å². The van der Waals surface area contributed by atoms with Gasteiger partial charge >= 0.3 is 0 Å². The molecule has 0 unspecified atom stereocenters. The Balaban J connectivity index is 2.77. The third kappa shape index (κ3) is 3.58. The monoisotopic (exact) mass is 301 g/mol. The largest absolute Gasteiger partial charge is 0.460 e. The fraction of sp³-hybridized carbons (Fsp3) is 0.167. The van der Waals surface area contributed by atoms with E-state index in [2.05, 4.69) is 22.5 Å². The minimum Gasteiger partial charge on any atom is -0.460 e. The van der Waals surface area contributed by atoms with Crippen LogP contribution in [0.3, 0.4) is 0 Å². The van der Waals surface area contributed by atoms with E-state index in [1.807, 2.05) is 24.3 Å². The molecule has 1 aromatic rings. The van der Waals surface area contributed by atoms with E-state index in [9.17, 15) is 0 Å². The van der Waals surface area contributed by atoms with Gasteiger partial charge in [0.1, 0.15) is 11.5 Å². The number of benzene rings is 1. The first kappa shape index (κ1) is 13.1. The highest BCUT2D eigenvalue weighted by Crippen LogP contribution is 2.20. The summed E-state index contributed by atoms with van der Waals surface area (Å²) in [5, 5.41) is 0. The Morgan fingerprint density at radius 2 is 2.00 bits per heavy atom. The molecular formula is C12H13BrClNO.